The zero-order valence-corrected chi connectivity index (χ0v) is 16.2. The van der Waals surface area contributed by atoms with E-state index in [1.807, 2.05) is 12.1 Å². The highest BCUT2D eigenvalue weighted by Crippen LogP contribution is 2.33. The minimum Gasteiger partial charge on any atom is -0.488 e. The van der Waals surface area contributed by atoms with Gasteiger partial charge in [0.25, 0.3) is 5.91 Å². The van der Waals surface area contributed by atoms with Gasteiger partial charge in [-0.15, -0.1) is 0 Å². The van der Waals surface area contributed by atoms with Gasteiger partial charge in [0.05, 0.1) is 25.1 Å². The molecule has 8 heteroatoms. The summed E-state index contributed by atoms with van der Waals surface area (Å²) < 4.78 is 24.7. The molecule has 1 aromatic heterocycles. The second-order valence-corrected chi connectivity index (χ2v) is 7.07. The number of carbonyl (C=O) groups excluding carboxylic acids is 1. The van der Waals surface area contributed by atoms with Gasteiger partial charge in [0.1, 0.15) is 17.7 Å². The van der Waals surface area contributed by atoms with Crippen LogP contribution in [0.3, 0.4) is 0 Å². The predicted octanol–water partition coefficient (Wildman–Crippen LogP) is 3.45. The Morgan fingerprint density at radius 1 is 1.20 bits per heavy atom. The van der Waals surface area contributed by atoms with E-state index in [0.29, 0.717) is 30.2 Å². The molecule has 0 aliphatic carbocycles. The third-order valence-corrected chi connectivity index (χ3v) is 4.97. The number of amides is 1. The Balaban J connectivity index is 1.57. The van der Waals surface area contributed by atoms with Crippen molar-refractivity contribution in [3.63, 3.8) is 0 Å². The molecule has 1 fully saturated rings. The zero-order chi connectivity index (χ0) is 20.9. The molecule has 1 saturated heterocycles. The molecule has 0 spiro atoms. The smallest absolute Gasteiger partial charge is 0.257 e. The van der Waals surface area contributed by atoms with E-state index in [2.05, 4.69) is 15.5 Å². The maximum atomic E-state index is 13.1. The van der Waals surface area contributed by atoms with Gasteiger partial charge in [-0.05, 0) is 35.4 Å². The molecule has 0 radical (unpaired) electrons. The third kappa shape index (κ3) is 4.67. The maximum Gasteiger partial charge on any atom is 0.257 e. The van der Waals surface area contributed by atoms with Crippen molar-refractivity contribution in [3.8, 4) is 16.9 Å². The monoisotopic (exact) mass is 411 g/mol. The van der Waals surface area contributed by atoms with Crippen LogP contribution in [-0.4, -0.2) is 40.5 Å². The molecule has 2 heterocycles. The second-order valence-electron chi connectivity index (χ2n) is 7.07. The summed E-state index contributed by atoms with van der Waals surface area (Å²) in [6.45, 7) is 1.24. The number of aliphatic hydroxyl groups excluding tert-OH is 1. The van der Waals surface area contributed by atoms with E-state index in [-0.39, 0.29) is 6.10 Å². The number of anilines is 1. The third-order valence-electron chi connectivity index (χ3n) is 4.97. The summed E-state index contributed by atoms with van der Waals surface area (Å²) in [7, 11) is 0. The number of hydrogen-bond acceptors (Lipinski definition) is 5. The molecule has 1 aliphatic heterocycles. The predicted molar refractivity (Wildman–Crippen MR) is 108 cm³/mol. The molecular formula is C22H22FN3O4. The van der Waals surface area contributed by atoms with E-state index >= 15 is 0 Å². The maximum absolute atomic E-state index is 13.1. The van der Waals surface area contributed by atoms with Crippen molar-refractivity contribution in [2.45, 2.75) is 25.0 Å². The molecule has 3 aromatic rings. The lowest BCUT2D eigenvalue weighted by molar-refractivity contribution is -0.124. The molecule has 0 saturated carbocycles. The molecule has 1 aliphatic rings. The Labute approximate surface area is 172 Å². The van der Waals surface area contributed by atoms with Crippen LogP contribution in [-0.2, 0) is 9.53 Å². The van der Waals surface area contributed by atoms with Gasteiger partial charge >= 0.3 is 0 Å². The largest absolute Gasteiger partial charge is 0.488 e. The fraction of sp³-hybridized carbons (Fsp3) is 0.273. The van der Waals surface area contributed by atoms with Crippen molar-refractivity contribution in [1.82, 2.24) is 10.2 Å². The molecule has 4 rings (SSSR count). The van der Waals surface area contributed by atoms with Gasteiger partial charge in [0.15, 0.2) is 6.10 Å². The van der Waals surface area contributed by atoms with E-state index < -0.39 is 17.8 Å². The highest BCUT2D eigenvalue weighted by Gasteiger charge is 2.22. The van der Waals surface area contributed by atoms with Crippen LogP contribution < -0.4 is 10.1 Å². The van der Waals surface area contributed by atoms with Gasteiger partial charge in [0.2, 0.25) is 0 Å². The molecule has 7 nitrogen and oxygen atoms in total. The number of H-pyrrole nitrogens is 1. The number of nitrogens with one attached hydrogen (secondary N) is 2. The summed E-state index contributed by atoms with van der Waals surface area (Å²) in [6, 6.07) is 10.5. The molecule has 2 aromatic carbocycles. The van der Waals surface area contributed by atoms with Gasteiger partial charge < -0.3 is 19.9 Å². The standard InChI is InChI=1S/C22H22FN3O4/c23-17-4-1-14(2-5-17)21(27)22(28)26-19-6-3-15(16-12-24-25-13-16)11-20(19)30-18-7-9-29-10-8-18/h1-6,11-13,18,21,27H,7-10H2,(H,24,25)(H,26,28). The van der Waals surface area contributed by atoms with Crippen molar-refractivity contribution in [3.05, 3.63) is 66.2 Å². The van der Waals surface area contributed by atoms with E-state index in [1.165, 1.54) is 24.3 Å². The molecule has 1 unspecified atom stereocenters. The van der Waals surface area contributed by atoms with Gasteiger partial charge in [-0.3, -0.25) is 9.89 Å². The number of carbonyl (C=O) groups is 1. The van der Waals surface area contributed by atoms with Gasteiger partial charge in [0, 0.05) is 24.6 Å². The van der Waals surface area contributed by atoms with E-state index in [9.17, 15) is 14.3 Å². The quantitative estimate of drug-likeness (QED) is 0.577. The van der Waals surface area contributed by atoms with Crippen molar-refractivity contribution in [2.24, 2.45) is 0 Å². The molecule has 30 heavy (non-hydrogen) atoms. The lowest BCUT2D eigenvalue weighted by Crippen LogP contribution is -2.27. The van der Waals surface area contributed by atoms with Crippen LogP contribution in [0.2, 0.25) is 0 Å². The summed E-state index contributed by atoms with van der Waals surface area (Å²) in [5.74, 6) is -0.567. The molecule has 1 atom stereocenters. The highest BCUT2D eigenvalue weighted by molar-refractivity contribution is 5.96. The van der Waals surface area contributed by atoms with Crippen molar-refractivity contribution < 1.29 is 23.8 Å². The SMILES string of the molecule is O=C(Nc1ccc(-c2cn[nH]c2)cc1OC1CCOCC1)C(O)c1ccc(F)cc1. The fourth-order valence-electron chi connectivity index (χ4n) is 3.28. The van der Waals surface area contributed by atoms with Crippen LogP contribution in [0.15, 0.2) is 54.9 Å². The second kappa shape index (κ2) is 9.06. The lowest BCUT2D eigenvalue weighted by Gasteiger charge is -2.25. The number of hydrogen-bond donors (Lipinski definition) is 3. The number of aliphatic hydroxyl groups is 1. The van der Waals surface area contributed by atoms with E-state index in [1.54, 1.807) is 18.5 Å². The van der Waals surface area contributed by atoms with Crippen molar-refractivity contribution in [2.75, 3.05) is 18.5 Å². The van der Waals surface area contributed by atoms with Crippen LogP contribution in [0, 0.1) is 5.82 Å². The first kappa shape index (κ1) is 20.1. The number of aromatic nitrogens is 2. The van der Waals surface area contributed by atoms with Crippen molar-refractivity contribution >= 4 is 11.6 Å². The average Bonchev–Trinajstić information content (AvgIpc) is 3.30. The molecule has 1 amide bonds. The zero-order valence-electron chi connectivity index (χ0n) is 16.2. The Hall–Kier alpha value is -3.23. The van der Waals surface area contributed by atoms with E-state index in [0.717, 1.165) is 24.0 Å². The molecule has 0 bridgehead atoms. The average molecular weight is 411 g/mol. The Morgan fingerprint density at radius 2 is 1.97 bits per heavy atom. The highest BCUT2D eigenvalue weighted by atomic mass is 19.1. The number of rotatable bonds is 6. The number of benzene rings is 2. The Bertz CT molecular complexity index is 986. The summed E-state index contributed by atoms with van der Waals surface area (Å²) in [5.41, 5.74) is 2.51. The van der Waals surface area contributed by atoms with Crippen LogP contribution in [0.5, 0.6) is 5.75 Å². The first-order chi connectivity index (χ1) is 14.6. The topological polar surface area (TPSA) is 96.5 Å². The fourth-order valence-corrected chi connectivity index (χ4v) is 3.28. The number of aromatic amines is 1. The van der Waals surface area contributed by atoms with Crippen LogP contribution >= 0.6 is 0 Å². The minimum atomic E-state index is -1.44. The normalized spacial score (nSPS) is 15.5. The number of halogens is 1. The molecular weight excluding hydrogens is 389 g/mol. The van der Waals surface area contributed by atoms with Gasteiger partial charge in [-0.2, -0.15) is 5.10 Å². The summed E-state index contributed by atoms with van der Waals surface area (Å²) in [5, 5.41) is 19.8. The van der Waals surface area contributed by atoms with Crippen LogP contribution in [0.4, 0.5) is 10.1 Å². The summed E-state index contributed by atoms with van der Waals surface area (Å²) in [6.07, 6.45) is 3.50. The molecule has 156 valence electrons. The van der Waals surface area contributed by atoms with Crippen molar-refractivity contribution in [1.29, 1.82) is 0 Å². The summed E-state index contributed by atoms with van der Waals surface area (Å²) >= 11 is 0. The van der Waals surface area contributed by atoms with Gasteiger partial charge in [-0.1, -0.05) is 18.2 Å². The molecule has 3 N–H and O–H groups in total. The van der Waals surface area contributed by atoms with Gasteiger partial charge in [-0.25, -0.2) is 4.39 Å². The summed E-state index contributed by atoms with van der Waals surface area (Å²) in [4.78, 5) is 12.6. The number of ether oxygens (including phenoxy) is 2. The van der Waals surface area contributed by atoms with Crippen LogP contribution in [0.1, 0.15) is 24.5 Å². The first-order valence-corrected chi connectivity index (χ1v) is 9.72. The number of nitrogens with zero attached hydrogens (tertiary/aromatic N) is 1. The Morgan fingerprint density at radius 3 is 2.67 bits per heavy atom. The first-order valence-electron chi connectivity index (χ1n) is 9.72. The Kier molecular flexibility index (Phi) is 6.06. The van der Waals surface area contributed by atoms with Crippen LogP contribution in [0.25, 0.3) is 11.1 Å². The lowest BCUT2D eigenvalue weighted by atomic mass is 10.1. The minimum absolute atomic E-state index is 0.0315. The van der Waals surface area contributed by atoms with E-state index in [4.69, 9.17) is 9.47 Å².